The maximum atomic E-state index is 13.7. The number of amides is 2. The lowest BCUT2D eigenvalue weighted by molar-refractivity contribution is -0.140. The molecule has 2 atom stereocenters. The molecule has 0 spiro atoms. The monoisotopic (exact) mass is 390 g/mol. The summed E-state index contributed by atoms with van der Waals surface area (Å²) in [4.78, 5) is 27.8. The molecular weight excluding hydrogens is 371 g/mol. The Balaban J connectivity index is 1.32. The van der Waals surface area contributed by atoms with E-state index in [4.69, 9.17) is 16.3 Å². The highest BCUT2D eigenvalue weighted by molar-refractivity contribution is 6.31. The van der Waals surface area contributed by atoms with Gasteiger partial charge in [0.25, 0.3) is 0 Å². The van der Waals surface area contributed by atoms with Crippen LogP contribution >= 0.6 is 11.6 Å². The lowest BCUT2D eigenvalue weighted by Gasteiger charge is -2.45. The van der Waals surface area contributed by atoms with Gasteiger partial charge in [0.2, 0.25) is 0 Å². The fourth-order valence-electron chi connectivity index (χ4n) is 3.87. The van der Waals surface area contributed by atoms with Crippen molar-refractivity contribution in [1.29, 1.82) is 0 Å². The van der Waals surface area contributed by atoms with Gasteiger partial charge in [-0.2, -0.15) is 0 Å². The molecule has 1 aromatic carbocycles. The number of fused-ring (bicyclic) bond motifs is 1. The van der Waals surface area contributed by atoms with Gasteiger partial charge in [0.05, 0.1) is 22.6 Å². The molecule has 0 radical (unpaired) electrons. The van der Waals surface area contributed by atoms with E-state index in [0.29, 0.717) is 37.6 Å². The summed E-state index contributed by atoms with van der Waals surface area (Å²) in [6, 6.07) is 4.46. The highest BCUT2D eigenvalue weighted by Crippen LogP contribution is 2.28. The number of nitrogens with zero attached hydrogens (tertiary/aromatic N) is 2. The molecule has 2 amide bonds. The number of hydrogen-bond acceptors (Lipinski definition) is 3. The summed E-state index contributed by atoms with van der Waals surface area (Å²) in [6.45, 7) is 2.46. The predicted molar refractivity (Wildman–Crippen MR) is 97.8 cm³/mol. The number of urea groups is 1. The van der Waals surface area contributed by atoms with E-state index in [1.54, 1.807) is 21.9 Å². The van der Waals surface area contributed by atoms with Crippen LogP contribution in [0.1, 0.15) is 18.4 Å². The van der Waals surface area contributed by atoms with Crippen LogP contribution in [-0.4, -0.2) is 60.5 Å². The van der Waals surface area contributed by atoms with Crippen LogP contribution in [0.15, 0.2) is 18.2 Å². The highest BCUT2D eigenvalue weighted by atomic mass is 35.5. The third-order valence-corrected chi connectivity index (χ3v) is 5.71. The molecule has 3 heterocycles. The number of likely N-dealkylation sites (tertiary alicyclic amines) is 2. The van der Waals surface area contributed by atoms with E-state index >= 15 is 0 Å². The number of rotatable bonds is 0. The van der Waals surface area contributed by atoms with E-state index in [-0.39, 0.29) is 41.9 Å². The Hall–Kier alpha value is -2.10. The second kappa shape index (κ2) is 7.49. The van der Waals surface area contributed by atoms with Crippen molar-refractivity contribution < 1.29 is 18.7 Å². The first kappa shape index (κ1) is 18.3. The normalized spacial score (nSPS) is 25.3. The fourth-order valence-corrected chi connectivity index (χ4v) is 4.08. The maximum absolute atomic E-state index is 13.7. The predicted octanol–water partition coefficient (Wildman–Crippen LogP) is 2.56. The Morgan fingerprint density at radius 2 is 2.07 bits per heavy atom. The summed E-state index contributed by atoms with van der Waals surface area (Å²) < 4.78 is 19.3. The average Bonchev–Trinajstić information content (AvgIpc) is 2.61. The maximum Gasteiger partial charge on any atom is 0.320 e. The van der Waals surface area contributed by atoms with Crippen LogP contribution in [0.3, 0.4) is 0 Å². The topological polar surface area (TPSA) is 49.9 Å². The molecule has 3 saturated heterocycles. The molecule has 0 N–H and O–H groups in total. The zero-order valence-electron chi connectivity index (χ0n) is 14.8. The second-order valence-electron chi connectivity index (χ2n) is 7.34. The van der Waals surface area contributed by atoms with Crippen molar-refractivity contribution in [2.24, 2.45) is 11.8 Å². The summed E-state index contributed by atoms with van der Waals surface area (Å²) in [6.07, 6.45) is 1.35. The Morgan fingerprint density at radius 1 is 1.26 bits per heavy atom. The molecule has 142 valence electrons. The van der Waals surface area contributed by atoms with Gasteiger partial charge in [-0.15, -0.1) is 0 Å². The first-order valence-electron chi connectivity index (χ1n) is 9.14. The van der Waals surface area contributed by atoms with Gasteiger partial charge in [0.15, 0.2) is 5.78 Å². The van der Waals surface area contributed by atoms with Gasteiger partial charge in [-0.05, 0) is 18.6 Å². The number of ether oxygens (including phenoxy) is 1. The minimum atomic E-state index is -0.436. The Bertz CT molecular complexity index is 808. The summed E-state index contributed by atoms with van der Waals surface area (Å²) in [7, 11) is 0. The van der Waals surface area contributed by atoms with Crippen LogP contribution in [0.4, 0.5) is 9.18 Å². The number of carbonyl (C=O) groups is 2. The molecule has 0 aromatic heterocycles. The molecule has 0 aliphatic carbocycles. The van der Waals surface area contributed by atoms with E-state index in [9.17, 15) is 14.0 Å². The van der Waals surface area contributed by atoms with Crippen LogP contribution < -0.4 is 0 Å². The summed E-state index contributed by atoms with van der Waals surface area (Å²) in [5, 5.41) is 0.293. The van der Waals surface area contributed by atoms with Gasteiger partial charge in [0, 0.05) is 38.5 Å². The molecule has 4 rings (SSSR count). The van der Waals surface area contributed by atoms with Crippen LogP contribution in [0.2, 0.25) is 5.02 Å². The first-order chi connectivity index (χ1) is 13.0. The summed E-state index contributed by atoms with van der Waals surface area (Å²) in [5.74, 6) is 5.59. The van der Waals surface area contributed by atoms with Crippen molar-refractivity contribution >= 4 is 23.4 Å². The van der Waals surface area contributed by atoms with Gasteiger partial charge in [-0.25, -0.2) is 9.18 Å². The van der Waals surface area contributed by atoms with Crippen LogP contribution in [-0.2, 0) is 9.53 Å². The van der Waals surface area contributed by atoms with Crippen molar-refractivity contribution in [3.8, 4) is 11.8 Å². The quantitative estimate of drug-likeness (QED) is 0.640. The smallest absolute Gasteiger partial charge is 0.320 e. The largest absolute Gasteiger partial charge is 0.370 e. The van der Waals surface area contributed by atoms with Crippen LogP contribution in [0.25, 0.3) is 0 Å². The number of hydrogen-bond donors (Lipinski definition) is 0. The molecule has 1 aromatic rings. The van der Waals surface area contributed by atoms with Gasteiger partial charge in [-0.1, -0.05) is 29.5 Å². The zero-order chi connectivity index (χ0) is 19.0. The Labute approximate surface area is 162 Å². The number of benzene rings is 1. The van der Waals surface area contributed by atoms with E-state index in [1.807, 2.05) is 0 Å². The minimum Gasteiger partial charge on any atom is -0.370 e. The number of Topliss-reactive ketones (excluding diaryl/α,β-unsaturated/α-hetero) is 1. The third kappa shape index (κ3) is 3.80. The SMILES string of the molecule is O=C1CO[C@H]2CCN(C(=O)N3CC(C#Cc4c(F)cccc4Cl)C3)C[C@H]2C1. The van der Waals surface area contributed by atoms with E-state index in [2.05, 4.69) is 11.8 Å². The fraction of sp³-hybridized carbons (Fsp3) is 0.500. The van der Waals surface area contributed by atoms with Crippen molar-refractivity contribution in [1.82, 2.24) is 9.80 Å². The Morgan fingerprint density at radius 3 is 2.85 bits per heavy atom. The number of ketones is 1. The molecule has 3 aliphatic rings. The average molecular weight is 391 g/mol. The number of carbonyl (C=O) groups excluding carboxylic acids is 2. The third-order valence-electron chi connectivity index (χ3n) is 5.40. The van der Waals surface area contributed by atoms with Crippen molar-refractivity contribution in [3.63, 3.8) is 0 Å². The van der Waals surface area contributed by atoms with Crippen molar-refractivity contribution in [3.05, 3.63) is 34.6 Å². The van der Waals surface area contributed by atoms with Gasteiger partial charge in [0.1, 0.15) is 12.4 Å². The lowest BCUT2D eigenvalue weighted by Crippen LogP contribution is -2.58. The molecule has 27 heavy (non-hydrogen) atoms. The van der Waals surface area contributed by atoms with E-state index < -0.39 is 5.82 Å². The standard InChI is InChI=1S/C20H20ClFN2O3/c21-17-2-1-3-18(22)16(17)5-4-13-9-24(10-13)20(26)23-7-6-19-14(11-23)8-15(25)12-27-19/h1-3,13-14,19H,6-12H2/t14-,19+/m1/s1. The van der Waals surface area contributed by atoms with Crippen molar-refractivity contribution in [2.45, 2.75) is 18.9 Å². The molecular formula is C20H20ClFN2O3. The zero-order valence-corrected chi connectivity index (χ0v) is 15.5. The van der Waals surface area contributed by atoms with E-state index in [0.717, 1.165) is 6.42 Å². The molecule has 3 fully saturated rings. The van der Waals surface area contributed by atoms with Gasteiger partial charge in [-0.3, -0.25) is 4.79 Å². The van der Waals surface area contributed by atoms with Crippen molar-refractivity contribution in [2.75, 3.05) is 32.8 Å². The summed E-state index contributed by atoms with van der Waals surface area (Å²) >= 11 is 5.97. The number of halogens is 2. The van der Waals surface area contributed by atoms with Crippen LogP contribution in [0.5, 0.6) is 0 Å². The van der Waals surface area contributed by atoms with Crippen LogP contribution in [0, 0.1) is 29.5 Å². The molecule has 7 heteroatoms. The first-order valence-corrected chi connectivity index (χ1v) is 9.52. The van der Waals surface area contributed by atoms with Gasteiger partial charge < -0.3 is 14.5 Å². The molecule has 3 aliphatic heterocycles. The van der Waals surface area contributed by atoms with Gasteiger partial charge >= 0.3 is 6.03 Å². The molecule has 0 saturated carbocycles. The second-order valence-corrected chi connectivity index (χ2v) is 7.74. The minimum absolute atomic E-state index is 0.0155. The van der Waals surface area contributed by atoms with E-state index in [1.165, 1.54) is 6.07 Å². The number of piperidine rings is 1. The molecule has 5 nitrogen and oxygen atoms in total. The molecule has 0 unspecified atom stereocenters. The summed E-state index contributed by atoms with van der Waals surface area (Å²) in [5.41, 5.74) is 0.202. The molecule has 0 bridgehead atoms. The highest BCUT2D eigenvalue weighted by Gasteiger charge is 2.39. The lowest BCUT2D eigenvalue weighted by atomic mass is 9.88. The Kier molecular flexibility index (Phi) is 5.07.